The number of ether oxygens (including phenoxy) is 1. The molecule has 46 heavy (non-hydrogen) atoms. The first-order valence-corrected chi connectivity index (χ1v) is 13.4. The Morgan fingerprint density at radius 3 is 2.48 bits per heavy atom. The zero-order valence-corrected chi connectivity index (χ0v) is 24.2. The second-order valence-corrected chi connectivity index (χ2v) is 10.7. The number of rotatable bonds is 9. The van der Waals surface area contributed by atoms with Crippen LogP contribution in [0.4, 0.5) is 46.8 Å². The standard InChI is InChI=1S/C26H21ClF8N8O3/c1-23(11-3-4-12(27)15(44)7-11)17-19(36-8-16(46-2)25(30,31)32)40-18(41-20(17)42-22(23)45)14-9-43-21(37-10-38-43)13(39-14)5-6-24(28,29)26(33,34)35/h3-4,7,9-10,16,44H,5-6,8H2,1-2H3,(H2,36,40,41,42,45). The average Bonchev–Trinajstić information content (AvgIpc) is 3.54. The maximum absolute atomic E-state index is 13.7. The molecule has 0 aliphatic carbocycles. The highest BCUT2D eigenvalue weighted by molar-refractivity contribution is 6.32. The van der Waals surface area contributed by atoms with E-state index in [0.29, 0.717) is 0 Å². The second kappa shape index (κ2) is 11.4. The number of benzene rings is 1. The lowest BCUT2D eigenvalue weighted by atomic mass is 9.77. The van der Waals surface area contributed by atoms with E-state index in [-0.39, 0.29) is 56.4 Å². The van der Waals surface area contributed by atoms with Crippen molar-refractivity contribution in [3.05, 3.63) is 52.6 Å². The van der Waals surface area contributed by atoms with E-state index >= 15 is 0 Å². The Hall–Kier alpha value is -4.39. The third-order valence-corrected chi connectivity index (χ3v) is 7.69. The van der Waals surface area contributed by atoms with Crippen LogP contribution in [-0.2, 0) is 21.4 Å². The Morgan fingerprint density at radius 1 is 1.13 bits per heavy atom. The van der Waals surface area contributed by atoms with Gasteiger partial charge in [0.05, 0.1) is 29.0 Å². The SMILES string of the molecule is COC(CNc1nc(-c2cn3ncnc3c(CCC(F)(F)C(F)(F)F)n2)nc2c1C(C)(c1ccc(Cl)c(O)c1)C(=O)N2)C(F)(F)F. The molecular formula is C26H21ClF8N8O3. The molecule has 4 aromatic rings. The smallest absolute Gasteiger partial charge is 0.453 e. The summed E-state index contributed by atoms with van der Waals surface area (Å²) in [7, 11) is 0.836. The zero-order valence-electron chi connectivity index (χ0n) is 23.4. The minimum atomic E-state index is -5.82. The van der Waals surface area contributed by atoms with Crippen molar-refractivity contribution in [3.8, 4) is 17.3 Å². The Bertz CT molecular complexity index is 1820. The number of fused-ring (bicyclic) bond motifs is 2. The number of hydrogen-bond donors (Lipinski definition) is 3. The number of carbonyl (C=O) groups excluding carboxylic acids is 1. The lowest BCUT2D eigenvalue weighted by Crippen LogP contribution is -2.38. The summed E-state index contributed by atoms with van der Waals surface area (Å²) in [6.07, 6.45) is -13.4. The molecule has 4 heterocycles. The monoisotopic (exact) mass is 680 g/mol. The van der Waals surface area contributed by atoms with Crippen LogP contribution in [0.25, 0.3) is 17.2 Å². The lowest BCUT2D eigenvalue weighted by molar-refractivity contribution is -0.284. The van der Waals surface area contributed by atoms with Crippen molar-refractivity contribution in [1.29, 1.82) is 0 Å². The molecule has 1 aliphatic heterocycles. The van der Waals surface area contributed by atoms with Gasteiger partial charge in [-0.1, -0.05) is 17.7 Å². The molecular weight excluding hydrogens is 660 g/mol. The Labute approximate surface area is 258 Å². The predicted octanol–water partition coefficient (Wildman–Crippen LogP) is 5.32. The summed E-state index contributed by atoms with van der Waals surface area (Å²) in [5.41, 5.74) is -2.29. The average molecular weight is 681 g/mol. The van der Waals surface area contributed by atoms with Crippen molar-refractivity contribution < 1.29 is 49.8 Å². The number of nitrogens with zero attached hydrogens (tertiary/aromatic N) is 6. The number of anilines is 2. The molecule has 2 unspecified atom stereocenters. The Morgan fingerprint density at radius 2 is 1.85 bits per heavy atom. The van der Waals surface area contributed by atoms with Gasteiger partial charge in [0.2, 0.25) is 5.91 Å². The molecule has 20 heteroatoms. The van der Waals surface area contributed by atoms with Crippen LogP contribution in [0, 0.1) is 0 Å². The van der Waals surface area contributed by atoms with Crippen molar-refractivity contribution >= 4 is 34.8 Å². The van der Waals surface area contributed by atoms with E-state index in [1.165, 1.54) is 31.3 Å². The summed E-state index contributed by atoms with van der Waals surface area (Å²) < 4.78 is 112. The van der Waals surface area contributed by atoms with Crippen LogP contribution in [0.2, 0.25) is 5.02 Å². The van der Waals surface area contributed by atoms with Gasteiger partial charge < -0.3 is 20.5 Å². The highest BCUT2D eigenvalue weighted by atomic mass is 35.5. The van der Waals surface area contributed by atoms with Gasteiger partial charge >= 0.3 is 18.3 Å². The first-order valence-electron chi connectivity index (χ1n) is 13.1. The van der Waals surface area contributed by atoms with Crippen molar-refractivity contribution in [3.63, 3.8) is 0 Å². The van der Waals surface area contributed by atoms with Crippen LogP contribution in [0.3, 0.4) is 0 Å². The van der Waals surface area contributed by atoms with Gasteiger partial charge in [-0.05, 0) is 31.0 Å². The van der Waals surface area contributed by atoms with Crippen molar-refractivity contribution in [2.24, 2.45) is 0 Å². The number of hydrogen-bond acceptors (Lipinski definition) is 9. The number of aryl methyl sites for hydroxylation is 1. The molecule has 1 aromatic carbocycles. The molecule has 0 fully saturated rings. The summed E-state index contributed by atoms with van der Waals surface area (Å²) in [6, 6.07) is 3.90. The van der Waals surface area contributed by atoms with Crippen LogP contribution in [0.1, 0.15) is 30.2 Å². The predicted molar refractivity (Wildman–Crippen MR) is 145 cm³/mol. The summed E-state index contributed by atoms with van der Waals surface area (Å²) in [5, 5.41) is 19.1. The largest absolute Gasteiger partial charge is 0.506 e. The normalized spacial score (nSPS) is 17.7. The van der Waals surface area contributed by atoms with Gasteiger partial charge in [0.25, 0.3) is 0 Å². The van der Waals surface area contributed by atoms with Gasteiger partial charge in [0.1, 0.15) is 34.8 Å². The molecule has 0 bridgehead atoms. The van der Waals surface area contributed by atoms with Gasteiger partial charge in [-0.25, -0.2) is 24.5 Å². The van der Waals surface area contributed by atoms with Crippen molar-refractivity contribution in [2.75, 3.05) is 24.3 Å². The molecule has 5 rings (SSSR count). The van der Waals surface area contributed by atoms with Crippen LogP contribution in [0.5, 0.6) is 5.75 Å². The maximum Gasteiger partial charge on any atom is 0.453 e. The zero-order chi connectivity index (χ0) is 33.8. The molecule has 3 N–H and O–H groups in total. The molecule has 3 aromatic heterocycles. The van der Waals surface area contributed by atoms with Crippen LogP contribution >= 0.6 is 11.6 Å². The summed E-state index contributed by atoms with van der Waals surface area (Å²) in [5.74, 6) is -7.03. The van der Waals surface area contributed by atoms with E-state index < -0.39 is 55.1 Å². The third-order valence-electron chi connectivity index (χ3n) is 7.37. The molecule has 0 saturated heterocycles. The maximum atomic E-state index is 13.7. The fourth-order valence-electron chi connectivity index (χ4n) is 4.82. The third kappa shape index (κ3) is 5.83. The molecule has 1 amide bonds. The quantitative estimate of drug-likeness (QED) is 0.201. The number of amides is 1. The minimum Gasteiger partial charge on any atom is -0.506 e. The van der Waals surface area contributed by atoms with E-state index in [0.717, 1.165) is 18.0 Å². The van der Waals surface area contributed by atoms with Gasteiger partial charge in [-0.3, -0.25) is 4.79 Å². The number of aromatic hydroxyl groups is 1. The number of nitrogens with one attached hydrogen (secondary N) is 2. The van der Waals surface area contributed by atoms with Crippen LogP contribution < -0.4 is 10.6 Å². The number of halogens is 9. The Kier molecular flexibility index (Phi) is 8.21. The van der Waals surface area contributed by atoms with Crippen LogP contribution in [0.15, 0.2) is 30.7 Å². The fourth-order valence-corrected chi connectivity index (χ4v) is 4.94. The first-order chi connectivity index (χ1) is 21.4. The van der Waals surface area contributed by atoms with E-state index in [2.05, 4.69) is 40.4 Å². The molecule has 0 spiro atoms. The molecule has 0 radical (unpaired) electrons. The summed E-state index contributed by atoms with van der Waals surface area (Å²) in [6.45, 7) is 0.508. The highest BCUT2D eigenvalue weighted by Crippen LogP contribution is 2.47. The highest BCUT2D eigenvalue weighted by Gasteiger charge is 2.56. The number of phenols is 1. The number of aromatic nitrogens is 6. The van der Waals surface area contributed by atoms with Gasteiger partial charge in [0.15, 0.2) is 17.6 Å². The molecule has 246 valence electrons. The molecule has 1 aliphatic rings. The molecule has 0 saturated carbocycles. The van der Waals surface area contributed by atoms with E-state index in [1.807, 2.05) is 0 Å². The fraction of sp³-hybridized carbons (Fsp3) is 0.385. The second-order valence-electron chi connectivity index (χ2n) is 10.3. The van der Waals surface area contributed by atoms with E-state index in [4.69, 9.17) is 11.6 Å². The van der Waals surface area contributed by atoms with Crippen molar-refractivity contribution in [1.82, 2.24) is 29.5 Å². The number of carbonyl (C=O) groups is 1. The Balaban J connectivity index is 1.65. The topological polar surface area (TPSA) is 139 Å². The minimum absolute atomic E-state index is 0.0353. The first kappa shape index (κ1) is 33.0. The van der Waals surface area contributed by atoms with Gasteiger partial charge in [-0.15, -0.1) is 0 Å². The summed E-state index contributed by atoms with van der Waals surface area (Å²) >= 11 is 5.92. The molecule has 2 atom stereocenters. The number of alkyl halides is 8. The van der Waals surface area contributed by atoms with E-state index in [9.17, 15) is 45.0 Å². The number of methoxy groups -OCH3 is 1. The summed E-state index contributed by atoms with van der Waals surface area (Å²) in [4.78, 5) is 30.0. The van der Waals surface area contributed by atoms with E-state index in [1.54, 1.807) is 0 Å². The molecule has 11 nitrogen and oxygen atoms in total. The lowest BCUT2D eigenvalue weighted by Gasteiger charge is -2.26. The number of phenolic OH excluding ortho intramolecular Hbond substituents is 1. The van der Waals surface area contributed by atoms with Crippen LogP contribution in [-0.4, -0.2) is 78.6 Å². The van der Waals surface area contributed by atoms with Gasteiger partial charge in [-0.2, -0.15) is 40.2 Å². The van der Waals surface area contributed by atoms with Crippen molar-refractivity contribution in [2.45, 2.75) is 49.6 Å². The van der Waals surface area contributed by atoms with Gasteiger partial charge in [0, 0.05) is 13.5 Å².